The van der Waals surface area contributed by atoms with Gasteiger partial charge in [-0.05, 0) is 31.6 Å². The van der Waals surface area contributed by atoms with E-state index < -0.39 is 0 Å². The minimum atomic E-state index is 0.703. The highest BCUT2D eigenvalue weighted by molar-refractivity contribution is 4.89. The number of unbranched alkanes of at least 4 members (excludes halogenated alkanes) is 2. The summed E-state index contributed by atoms with van der Waals surface area (Å²) in [4.78, 5) is 0. The molecule has 1 rings (SSSR count). The van der Waals surface area contributed by atoms with Gasteiger partial charge >= 0.3 is 0 Å². The number of nitrogens with zero attached hydrogens (tertiary/aromatic N) is 1. The average molecular weight is 191 g/mol. The van der Waals surface area contributed by atoms with E-state index in [9.17, 15) is 0 Å². The average Bonchev–Trinajstić information content (AvgIpc) is 2.46. The van der Waals surface area contributed by atoms with Crippen LogP contribution in [0.3, 0.4) is 0 Å². The van der Waals surface area contributed by atoms with Crippen LogP contribution >= 0.6 is 0 Å². The first-order valence-corrected chi connectivity index (χ1v) is 5.97. The first kappa shape index (κ1) is 11.3. The van der Waals surface area contributed by atoms with Crippen molar-refractivity contribution in [2.24, 2.45) is 5.92 Å². The molecule has 1 aliphatic rings. The molecular weight excluding hydrogens is 170 g/mol. The van der Waals surface area contributed by atoms with E-state index in [0.29, 0.717) is 6.42 Å². The van der Waals surface area contributed by atoms with Crippen molar-refractivity contribution >= 4 is 0 Å². The molecule has 0 atom stereocenters. The number of hydrogen-bond acceptors (Lipinski definition) is 1. The Labute approximate surface area is 87.8 Å². The van der Waals surface area contributed by atoms with Crippen LogP contribution in [-0.2, 0) is 0 Å². The molecule has 14 heavy (non-hydrogen) atoms. The van der Waals surface area contributed by atoms with Crippen molar-refractivity contribution in [1.29, 1.82) is 5.26 Å². The van der Waals surface area contributed by atoms with Crippen LogP contribution in [-0.4, -0.2) is 0 Å². The number of rotatable bonds is 4. The molecule has 0 N–H and O–H groups in total. The van der Waals surface area contributed by atoms with Gasteiger partial charge in [-0.15, -0.1) is 0 Å². The van der Waals surface area contributed by atoms with E-state index in [1.54, 1.807) is 0 Å². The molecule has 0 aromatic heterocycles. The summed E-state index contributed by atoms with van der Waals surface area (Å²) < 4.78 is 0. The van der Waals surface area contributed by atoms with Crippen LogP contribution in [0.5, 0.6) is 0 Å². The second-order valence-corrected chi connectivity index (χ2v) is 4.23. The lowest BCUT2D eigenvalue weighted by Gasteiger charge is -2.06. The second kappa shape index (κ2) is 7.62. The van der Waals surface area contributed by atoms with Crippen molar-refractivity contribution in [3.8, 4) is 6.07 Å². The SMILES string of the molecule is N#CCCC/C=C/C1CCCCCC1. The van der Waals surface area contributed by atoms with Gasteiger partial charge in [0.2, 0.25) is 0 Å². The molecule has 0 aromatic rings. The molecule has 1 nitrogen and oxygen atoms in total. The molecule has 0 radical (unpaired) electrons. The Bertz CT molecular complexity index is 192. The predicted octanol–water partition coefficient (Wildman–Crippen LogP) is 4.21. The fourth-order valence-corrected chi connectivity index (χ4v) is 2.09. The Balaban J connectivity index is 2.11. The molecule has 0 aromatic carbocycles. The minimum Gasteiger partial charge on any atom is -0.198 e. The van der Waals surface area contributed by atoms with Gasteiger partial charge in [-0.1, -0.05) is 37.8 Å². The summed E-state index contributed by atoms with van der Waals surface area (Å²) in [5.74, 6) is 0.833. The van der Waals surface area contributed by atoms with Gasteiger partial charge in [0.25, 0.3) is 0 Å². The van der Waals surface area contributed by atoms with Crippen LogP contribution in [0.1, 0.15) is 57.8 Å². The molecular formula is C13H21N. The minimum absolute atomic E-state index is 0.703. The lowest BCUT2D eigenvalue weighted by Crippen LogP contribution is -1.92. The summed E-state index contributed by atoms with van der Waals surface area (Å²) in [6, 6.07) is 2.18. The lowest BCUT2D eigenvalue weighted by atomic mass is 9.99. The van der Waals surface area contributed by atoms with E-state index in [1.165, 1.54) is 38.5 Å². The maximum absolute atomic E-state index is 8.38. The Morgan fingerprint density at radius 2 is 1.86 bits per heavy atom. The van der Waals surface area contributed by atoms with Crippen molar-refractivity contribution in [2.75, 3.05) is 0 Å². The zero-order valence-electron chi connectivity index (χ0n) is 9.04. The van der Waals surface area contributed by atoms with Crippen molar-refractivity contribution in [2.45, 2.75) is 57.8 Å². The van der Waals surface area contributed by atoms with Gasteiger partial charge in [0.15, 0.2) is 0 Å². The normalized spacial score (nSPS) is 19.4. The number of hydrogen-bond donors (Lipinski definition) is 0. The highest BCUT2D eigenvalue weighted by Gasteiger charge is 2.07. The van der Waals surface area contributed by atoms with Crippen LogP contribution in [0.4, 0.5) is 0 Å². The monoisotopic (exact) mass is 191 g/mol. The van der Waals surface area contributed by atoms with Gasteiger partial charge in [-0.3, -0.25) is 0 Å². The van der Waals surface area contributed by atoms with Crippen molar-refractivity contribution in [3.63, 3.8) is 0 Å². The first-order chi connectivity index (χ1) is 6.93. The van der Waals surface area contributed by atoms with E-state index in [0.717, 1.165) is 18.8 Å². The highest BCUT2D eigenvalue weighted by atomic mass is 14.2. The smallest absolute Gasteiger partial charge is 0.0621 e. The third-order valence-electron chi connectivity index (χ3n) is 2.97. The summed E-state index contributed by atoms with van der Waals surface area (Å²) >= 11 is 0. The first-order valence-electron chi connectivity index (χ1n) is 5.97. The number of nitriles is 1. The van der Waals surface area contributed by atoms with Crippen LogP contribution in [0.15, 0.2) is 12.2 Å². The van der Waals surface area contributed by atoms with Gasteiger partial charge in [-0.25, -0.2) is 0 Å². The van der Waals surface area contributed by atoms with Crippen LogP contribution in [0, 0.1) is 17.2 Å². The maximum atomic E-state index is 8.38. The van der Waals surface area contributed by atoms with Crippen LogP contribution in [0.2, 0.25) is 0 Å². The van der Waals surface area contributed by atoms with E-state index in [4.69, 9.17) is 5.26 Å². The Morgan fingerprint density at radius 3 is 2.50 bits per heavy atom. The Morgan fingerprint density at radius 1 is 1.14 bits per heavy atom. The van der Waals surface area contributed by atoms with Gasteiger partial charge in [0, 0.05) is 6.42 Å². The molecule has 1 aliphatic carbocycles. The summed E-state index contributed by atoms with van der Waals surface area (Å²) in [7, 11) is 0. The molecule has 78 valence electrons. The topological polar surface area (TPSA) is 23.8 Å². The molecule has 0 saturated heterocycles. The molecule has 1 saturated carbocycles. The molecule has 1 fully saturated rings. The summed E-state index contributed by atoms with van der Waals surface area (Å²) in [5.41, 5.74) is 0. The third-order valence-corrected chi connectivity index (χ3v) is 2.97. The van der Waals surface area contributed by atoms with E-state index in [-0.39, 0.29) is 0 Å². The molecule has 1 heteroatoms. The number of allylic oxidation sites excluding steroid dienone is 2. The zero-order valence-corrected chi connectivity index (χ0v) is 9.04. The van der Waals surface area contributed by atoms with Crippen LogP contribution < -0.4 is 0 Å². The molecule has 0 spiro atoms. The molecule has 0 amide bonds. The highest BCUT2D eigenvalue weighted by Crippen LogP contribution is 2.23. The van der Waals surface area contributed by atoms with Crippen LogP contribution in [0.25, 0.3) is 0 Å². The second-order valence-electron chi connectivity index (χ2n) is 4.23. The summed E-state index contributed by atoms with van der Waals surface area (Å²) in [5, 5.41) is 8.38. The van der Waals surface area contributed by atoms with Crippen molar-refractivity contribution in [1.82, 2.24) is 0 Å². The van der Waals surface area contributed by atoms with Crippen molar-refractivity contribution in [3.05, 3.63) is 12.2 Å². The van der Waals surface area contributed by atoms with Crippen molar-refractivity contribution < 1.29 is 0 Å². The lowest BCUT2D eigenvalue weighted by molar-refractivity contribution is 0.557. The summed E-state index contributed by atoms with van der Waals surface area (Å²) in [6.45, 7) is 0. The molecule has 0 unspecified atom stereocenters. The largest absolute Gasteiger partial charge is 0.198 e. The zero-order chi connectivity index (χ0) is 10.1. The predicted molar refractivity (Wildman–Crippen MR) is 59.8 cm³/mol. The Hall–Kier alpha value is -0.770. The molecule has 0 bridgehead atoms. The van der Waals surface area contributed by atoms with Gasteiger partial charge in [0.1, 0.15) is 0 Å². The van der Waals surface area contributed by atoms with E-state index >= 15 is 0 Å². The third kappa shape index (κ3) is 5.07. The van der Waals surface area contributed by atoms with Gasteiger partial charge < -0.3 is 0 Å². The fraction of sp³-hybridized carbons (Fsp3) is 0.769. The van der Waals surface area contributed by atoms with Gasteiger partial charge in [-0.2, -0.15) is 5.26 Å². The Kier molecular flexibility index (Phi) is 6.15. The van der Waals surface area contributed by atoms with E-state index in [2.05, 4.69) is 18.2 Å². The standard InChI is InChI=1S/C13H21N/c14-12-8-4-3-7-11-13-9-5-1-2-6-10-13/h7,11,13H,1-6,8-10H2/b11-7+. The molecule has 0 heterocycles. The van der Waals surface area contributed by atoms with E-state index in [1.807, 2.05) is 0 Å². The van der Waals surface area contributed by atoms with Gasteiger partial charge in [0.05, 0.1) is 6.07 Å². The summed E-state index contributed by atoms with van der Waals surface area (Å²) in [6.07, 6.45) is 15.9. The maximum Gasteiger partial charge on any atom is 0.0621 e. The quantitative estimate of drug-likeness (QED) is 0.371. The fourth-order valence-electron chi connectivity index (χ4n) is 2.09. The molecule has 0 aliphatic heterocycles.